The van der Waals surface area contributed by atoms with Gasteiger partial charge in [0.15, 0.2) is 5.71 Å². The molecule has 0 bridgehead atoms. The van der Waals surface area contributed by atoms with Crippen molar-refractivity contribution in [1.82, 2.24) is 0 Å². The van der Waals surface area contributed by atoms with Gasteiger partial charge in [-0.15, -0.1) is 6.58 Å². The first-order valence-electron chi connectivity index (χ1n) is 5.31. The molecule has 1 aromatic rings. The van der Waals surface area contributed by atoms with Gasteiger partial charge in [-0.2, -0.15) is 10.4 Å². The smallest absolute Gasteiger partial charge is 0.192 e. The van der Waals surface area contributed by atoms with Gasteiger partial charge in [0.05, 0.1) is 5.69 Å². The number of hydrogen-bond acceptors (Lipinski definition) is 5. The van der Waals surface area contributed by atoms with E-state index in [1.807, 2.05) is 37.3 Å². The van der Waals surface area contributed by atoms with Crippen LogP contribution in [0, 0.1) is 23.7 Å². The average Bonchev–Trinajstić information content (AvgIpc) is 2.39. The Balaban J connectivity index is 2.75. The molecule has 0 aliphatic carbocycles. The van der Waals surface area contributed by atoms with Crippen molar-refractivity contribution in [1.29, 1.82) is 10.7 Å². The maximum Gasteiger partial charge on any atom is 0.192 e. The van der Waals surface area contributed by atoms with Crippen LogP contribution in [0.5, 0.6) is 0 Å². The van der Waals surface area contributed by atoms with Crippen molar-refractivity contribution in [3.63, 3.8) is 0 Å². The first-order valence-corrected chi connectivity index (χ1v) is 6.29. The molecule has 0 aliphatic rings. The molecule has 0 atom stereocenters. The first kappa shape index (κ1) is 14.0. The molecule has 0 aromatic heterocycles. The standard InChI is InChI=1S/C13H14N4S/c1-3-8-18-13(15)12(9-14)17-16-11-7-5-4-6-10(11)2/h3-7,15-16H,1,8H2,2H3/b15-13?,17-12+. The number of nitriles is 1. The summed E-state index contributed by atoms with van der Waals surface area (Å²) in [5.41, 5.74) is 4.74. The van der Waals surface area contributed by atoms with Crippen LogP contribution in [-0.4, -0.2) is 16.5 Å². The van der Waals surface area contributed by atoms with Gasteiger partial charge in [-0.25, -0.2) is 0 Å². The summed E-state index contributed by atoms with van der Waals surface area (Å²) in [6.45, 7) is 5.51. The highest BCUT2D eigenvalue weighted by Gasteiger charge is 2.06. The number of anilines is 1. The van der Waals surface area contributed by atoms with Crippen molar-refractivity contribution in [2.45, 2.75) is 6.92 Å². The van der Waals surface area contributed by atoms with E-state index in [0.29, 0.717) is 5.75 Å². The zero-order valence-electron chi connectivity index (χ0n) is 10.1. The lowest BCUT2D eigenvalue weighted by Gasteiger charge is -2.05. The maximum atomic E-state index is 8.94. The highest BCUT2D eigenvalue weighted by Crippen LogP contribution is 2.13. The summed E-state index contributed by atoms with van der Waals surface area (Å²) in [6.07, 6.45) is 1.68. The first-order chi connectivity index (χ1) is 8.69. The van der Waals surface area contributed by atoms with E-state index < -0.39 is 0 Å². The van der Waals surface area contributed by atoms with Crippen LogP contribution in [0.25, 0.3) is 0 Å². The lowest BCUT2D eigenvalue weighted by Crippen LogP contribution is -2.10. The Morgan fingerprint density at radius 3 is 2.94 bits per heavy atom. The Hall–Kier alpha value is -2.06. The van der Waals surface area contributed by atoms with Crippen LogP contribution < -0.4 is 5.43 Å². The maximum absolute atomic E-state index is 8.94. The molecule has 0 fully saturated rings. The highest BCUT2D eigenvalue weighted by atomic mass is 32.2. The Bertz CT molecular complexity index is 514. The second kappa shape index (κ2) is 7.30. The van der Waals surface area contributed by atoms with Crippen molar-refractivity contribution < 1.29 is 0 Å². The zero-order chi connectivity index (χ0) is 13.4. The van der Waals surface area contributed by atoms with Gasteiger partial charge >= 0.3 is 0 Å². The molecule has 0 spiro atoms. The molecule has 1 rings (SSSR count). The van der Waals surface area contributed by atoms with E-state index in [2.05, 4.69) is 17.1 Å². The van der Waals surface area contributed by atoms with Gasteiger partial charge in [0.25, 0.3) is 0 Å². The molecule has 0 unspecified atom stereocenters. The minimum atomic E-state index is 0.0742. The van der Waals surface area contributed by atoms with E-state index in [1.54, 1.807) is 6.08 Å². The van der Waals surface area contributed by atoms with E-state index in [0.717, 1.165) is 11.3 Å². The molecule has 0 radical (unpaired) electrons. The second-order valence-corrected chi connectivity index (χ2v) is 4.46. The lowest BCUT2D eigenvalue weighted by molar-refractivity contribution is 1.30. The summed E-state index contributed by atoms with van der Waals surface area (Å²) < 4.78 is 0. The minimum Gasteiger partial charge on any atom is -0.291 e. The number of benzene rings is 1. The molecule has 18 heavy (non-hydrogen) atoms. The number of nitrogens with zero attached hydrogens (tertiary/aromatic N) is 2. The summed E-state index contributed by atoms with van der Waals surface area (Å²) in [5, 5.41) is 20.7. The van der Waals surface area contributed by atoms with Gasteiger partial charge in [-0.1, -0.05) is 36.0 Å². The monoisotopic (exact) mass is 258 g/mol. The summed E-state index contributed by atoms with van der Waals surface area (Å²) in [7, 11) is 0. The number of nitrogens with one attached hydrogen (secondary N) is 2. The van der Waals surface area contributed by atoms with Gasteiger partial charge < -0.3 is 0 Å². The largest absolute Gasteiger partial charge is 0.291 e. The summed E-state index contributed by atoms with van der Waals surface area (Å²) in [4.78, 5) is 0. The lowest BCUT2D eigenvalue weighted by atomic mass is 10.2. The number of aryl methyl sites for hydroxylation is 1. The summed E-state index contributed by atoms with van der Waals surface area (Å²) in [5.74, 6) is 0.587. The molecule has 2 N–H and O–H groups in total. The molecular formula is C13H14N4S. The Kier molecular flexibility index (Phi) is 5.68. The van der Waals surface area contributed by atoms with Crippen molar-refractivity contribution in [2.75, 3.05) is 11.2 Å². The van der Waals surface area contributed by atoms with Gasteiger partial charge in [0, 0.05) is 5.75 Å². The zero-order valence-corrected chi connectivity index (χ0v) is 10.9. The van der Waals surface area contributed by atoms with Gasteiger partial charge in [0.2, 0.25) is 0 Å². The molecule has 0 aliphatic heterocycles. The van der Waals surface area contributed by atoms with Crippen molar-refractivity contribution >= 4 is 28.2 Å². The van der Waals surface area contributed by atoms with Crippen LogP contribution in [0.2, 0.25) is 0 Å². The molecular weight excluding hydrogens is 244 g/mol. The number of thioether (sulfide) groups is 1. The third-order valence-corrected chi connectivity index (χ3v) is 2.98. The second-order valence-electron chi connectivity index (χ2n) is 3.43. The average molecular weight is 258 g/mol. The summed E-state index contributed by atoms with van der Waals surface area (Å²) in [6, 6.07) is 9.54. The van der Waals surface area contributed by atoms with Gasteiger partial charge in [0.1, 0.15) is 11.1 Å². The normalized spacial score (nSPS) is 10.6. The molecule has 0 saturated carbocycles. The molecule has 1 aromatic carbocycles. The molecule has 0 heterocycles. The van der Waals surface area contributed by atoms with E-state index in [-0.39, 0.29) is 10.8 Å². The molecule has 5 heteroatoms. The van der Waals surface area contributed by atoms with Crippen molar-refractivity contribution in [2.24, 2.45) is 5.10 Å². The summed E-state index contributed by atoms with van der Waals surface area (Å²) >= 11 is 1.22. The topological polar surface area (TPSA) is 72.0 Å². The molecule has 0 amide bonds. The van der Waals surface area contributed by atoms with Crippen LogP contribution in [0.4, 0.5) is 5.69 Å². The van der Waals surface area contributed by atoms with E-state index >= 15 is 0 Å². The number of hydrogen-bond donors (Lipinski definition) is 2. The third kappa shape index (κ3) is 4.07. The highest BCUT2D eigenvalue weighted by molar-refractivity contribution is 8.15. The Morgan fingerprint density at radius 1 is 1.61 bits per heavy atom. The van der Waals surface area contributed by atoms with Crippen LogP contribution in [-0.2, 0) is 0 Å². The fourth-order valence-electron chi connectivity index (χ4n) is 1.15. The van der Waals surface area contributed by atoms with Crippen LogP contribution in [0.3, 0.4) is 0 Å². The Labute approximate surface area is 111 Å². The van der Waals surface area contributed by atoms with Crippen LogP contribution >= 0.6 is 11.8 Å². The number of para-hydroxylation sites is 1. The SMILES string of the molecule is C=CCSC(=N)/C(C#N)=N/Nc1ccccc1C. The number of rotatable bonds is 5. The van der Waals surface area contributed by atoms with Crippen molar-refractivity contribution in [3.05, 3.63) is 42.5 Å². The van der Waals surface area contributed by atoms with Gasteiger partial charge in [-0.05, 0) is 18.6 Å². The Morgan fingerprint density at radius 2 is 2.33 bits per heavy atom. The predicted octanol–water partition coefficient (Wildman–Crippen LogP) is 3.18. The minimum absolute atomic E-state index is 0.0742. The number of hydrazone groups is 1. The van der Waals surface area contributed by atoms with Gasteiger partial charge in [-0.3, -0.25) is 10.8 Å². The third-order valence-electron chi connectivity index (χ3n) is 2.10. The molecule has 92 valence electrons. The van der Waals surface area contributed by atoms with E-state index in [4.69, 9.17) is 10.7 Å². The fourth-order valence-corrected chi connectivity index (χ4v) is 1.66. The quantitative estimate of drug-likeness (QED) is 0.369. The molecule has 0 saturated heterocycles. The van der Waals surface area contributed by atoms with Crippen LogP contribution in [0.15, 0.2) is 42.0 Å². The van der Waals surface area contributed by atoms with E-state index in [9.17, 15) is 0 Å². The molecule has 4 nitrogen and oxygen atoms in total. The van der Waals surface area contributed by atoms with E-state index in [1.165, 1.54) is 11.8 Å². The van der Waals surface area contributed by atoms with Crippen molar-refractivity contribution in [3.8, 4) is 6.07 Å². The predicted molar refractivity (Wildman–Crippen MR) is 78.2 cm³/mol. The van der Waals surface area contributed by atoms with Crippen LogP contribution in [0.1, 0.15) is 5.56 Å². The fraction of sp³-hybridized carbons (Fsp3) is 0.154.